The van der Waals surface area contributed by atoms with Crippen molar-refractivity contribution in [1.82, 2.24) is 0 Å². The molecule has 19 heavy (non-hydrogen) atoms. The second-order valence-corrected chi connectivity index (χ2v) is 4.05. The van der Waals surface area contributed by atoms with Crippen molar-refractivity contribution < 1.29 is 22.7 Å². The average molecular weight is 293 g/mol. The van der Waals surface area contributed by atoms with E-state index in [0.717, 1.165) is 12.1 Å². The molecule has 0 unspecified atom stereocenters. The molecular formula is C13H12ClF3O2. The lowest BCUT2D eigenvalue weighted by Crippen LogP contribution is -2.04. The number of carbonyl (C=O) groups is 1. The lowest BCUT2D eigenvalue weighted by atomic mass is 10.1. The minimum atomic E-state index is -4.42. The van der Waals surface area contributed by atoms with Gasteiger partial charge in [-0.2, -0.15) is 13.2 Å². The van der Waals surface area contributed by atoms with Crippen LogP contribution in [0.1, 0.15) is 24.5 Å². The van der Waals surface area contributed by atoms with Gasteiger partial charge in [-0.05, 0) is 24.6 Å². The third-order valence-corrected chi connectivity index (χ3v) is 2.54. The first-order chi connectivity index (χ1) is 8.84. The predicted octanol–water partition coefficient (Wildman–Crippen LogP) is 4.33. The van der Waals surface area contributed by atoms with Gasteiger partial charge >= 0.3 is 12.1 Å². The molecule has 1 aromatic rings. The summed E-state index contributed by atoms with van der Waals surface area (Å²) in [6.07, 6.45) is -1.39. The van der Waals surface area contributed by atoms with Gasteiger partial charge in [-0.1, -0.05) is 29.8 Å². The van der Waals surface area contributed by atoms with E-state index < -0.39 is 17.7 Å². The van der Waals surface area contributed by atoms with Crippen LogP contribution >= 0.6 is 11.6 Å². The third kappa shape index (κ3) is 4.95. The van der Waals surface area contributed by atoms with Gasteiger partial charge in [-0.25, -0.2) is 0 Å². The molecule has 0 aromatic heterocycles. The first-order valence-electron chi connectivity index (χ1n) is 5.53. The smallest absolute Gasteiger partial charge is 0.416 e. The Labute approximate surface area is 113 Å². The van der Waals surface area contributed by atoms with E-state index in [9.17, 15) is 18.0 Å². The maximum absolute atomic E-state index is 12.4. The molecule has 0 aliphatic rings. The van der Waals surface area contributed by atoms with E-state index in [-0.39, 0.29) is 18.1 Å². The van der Waals surface area contributed by atoms with E-state index in [4.69, 9.17) is 16.3 Å². The lowest BCUT2D eigenvalue weighted by molar-refractivity contribution is -0.142. The van der Waals surface area contributed by atoms with Gasteiger partial charge in [0.1, 0.15) is 0 Å². The van der Waals surface area contributed by atoms with Crippen molar-refractivity contribution in [3.05, 3.63) is 40.4 Å². The zero-order valence-corrected chi connectivity index (χ0v) is 10.9. The zero-order valence-electron chi connectivity index (χ0n) is 10.1. The van der Waals surface area contributed by atoms with Crippen LogP contribution in [0.15, 0.2) is 24.3 Å². The molecule has 104 valence electrons. The molecule has 0 heterocycles. The number of carbonyl (C=O) groups excluding carboxylic acids is 1. The Morgan fingerprint density at radius 2 is 2.11 bits per heavy atom. The maximum atomic E-state index is 12.4. The molecule has 0 N–H and O–H groups in total. The fraction of sp³-hybridized carbons (Fsp3) is 0.308. The molecule has 2 nitrogen and oxygen atoms in total. The molecule has 0 saturated heterocycles. The van der Waals surface area contributed by atoms with Crippen LogP contribution in [-0.4, -0.2) is 12.6 Å². The van der Waals surface area contributed by atoms with Crippen molar-refractivity contribution in [2.45, 2.75) is 19.5 Å². The van der Waals surface area contributed by atoms with Crippen molar-refractivity contribution >= 4 is 23.6 Å². The molecule has 0 amide bonds. The summed E-state index contributed by atoms with van der Waals surface area (Å²) < 4.78 is 41.9. The Morgan fingerprint density at radius 3 is 2.63 bits per heavy atom. The monoisotopic (exact) mass is 292 g/mol. The average Bonchev–Trinajstić information content (AvgIpc) is 2.30. The molecule has 0 saturated carbocycles. The number of halogens is 4. The third-order valence-electron chi connectivity index (χ3n) is 2.22. The first-order valence-corrected chi connectivity index (χ1v) is 5.91. The van der Waals surface area contributed by atoms with Crippen molar-refractivity contribution in [3.63, 3.8) is 0 Å². The van der Waals surface area contributed by atoms with E-state index in [1.165, 1.54) is 18.2 Å². The van der Waals surface area contributed by atoms with Gasteiger partial charge in [-0.15, -0.1) is 0 Å². The number of ether oxygens (including phenoxy) is 1. The molecule has 0 radical (unpaired) electrons. The highest BCUT2D eigenvalue weighted by Crippen LogP contribution is 2.32. The lowest BCUT2D eigenvalue weighted by Gasteiger charge is -2.07. The first kappa shape index (κ1) is 15.6. The Hall–Kier alpha value is -1.49. The van der Waals surface area contributed by atoms with Gasteiger partial charge in [0, 0.05) is 5.02 Å². The summed E-state index contributed by atoms with van der Waals surface area (Å²) in [6, 6.07) is 3.05. The van der Waals surface area contributed by atoms with Crippen LogP contribution in [0.3, 0.4) is 0 Å². The van der Waals surface area contributed by atoms with Crippen LogP contribution in [0.2, 0.25) is 5.02 Å². The van der Waals surface area contributed by atoms with E-state index in [1.54, 1.807) is 6.92 Å². The van der Waals surface area contributed by atoms with Gasteiger partial charge in [0.05, 0.1) is 18.6 Å². The van der Waals surface area contributed by atoms with Crippen LogP contribution in [0.4, 0.5) is 13.2 Å². The van der Waals surface area contributed by atoms with Crippen LogP contribution < -0.4 is 0 Å². The second kappa shape index (κ2) is 6.61. The molecule has 0 bridgehead atoms. The molecular weight excluding hydrogens is 281 g/mol. The molecule has 1 aromatic carbocycles. The fourth-order valence-electron chi connectivity index (χ4n) is 1.34. The van der Waals surface area contributed by atoms with E-state index >= 15 is 0 Å². The normalized spacial score (nSPS) is 11.8. The Balaban J connectivity index is 2.75. The van der Waals surface area contributed by atoms with Crippen LogP contribution in [0, 0.1) is 0 Å². The van der Waals surface area contributed by atoms with Crippen LogP contribution in [0.5, 0.6) is 0 Å². The van der Waals surface area contributed by atoms with E-state index in [2.05, 4.69) is 0 Å². The van der Waals surface area contributed by atoms with E-state index in [0.29, 0.717) is 5.56 Å². The molecule has 0 aliphatic heterocycles. The number of benzene rings is 1. The molecule has 0 fully saturated rings. The maximum Gasteiger partial charge on any atom is 0.416 e. The minimum absolute atomic E-state index is 0.0186. The second-order valence-electron chi connectivity index (χ2n) is 3.65. The molecule has 6 heteroatoms. The van der Waals surface area contributed by atoms with E-state index in [1.807, 2.05) is 0 Å². The number of rotatable bonds is 4. The topological polar surface area (TPSA) is 26.3 Å². The largest absolute Gasteiger partial charge is 0.466 e. The number of esters is 1. The molecule has 0 atom stereocenters. The zero-order chi connectivity index (χ0) is 14.5. The summed E-state index contributed by atoms with van der Waals surface area (Å²) in [7, 11) is 0. The van der Waals surface area contributed by atoms with Crippen LogP contribution in [0.25, 0.3) is 6.08 Å². The summed E-state index contributed by atoms with van der Waals surface area (Å²) in [4.78, 5) is 11.0. The van der Waals surface area contributed by atoms with Crippen molar-refractivity contribution in [2.75, 3.05) is 6.61 Å². The summed E-state index contributed by atoms with van der Waals surface area (Å²) >= 11 is 5.74. The highest BCUT2D eigenvalue weighted by molar-refractivity contribution is 6.32. The standard InChI is InChI=1S/C13H12ClF3O2/c1-2-19-12(18)5-3-4-9-6-7-10(8-11(9)14)13(15,16)17/h3-4,6-8H,2,5H2,1H3. The Bertz CT molecular complexity index is 481. The summed E-state index contributed by atoms with van der Waals surface area (Å²) in [5, 5.41) is -0.0186. The summed E-state index contributed by atoms with van der Waals surface area (Å²) in [6.45, 7) is 1.97. The van der Waals surface area contributed by atoms with Gasteiger partial charge in [0.25, 0.3) is 0 Å². The predicted molar refractivity (Wildman–Crippen MR) is 66.7 cm³/mol. The highest BCUT2D eigenvalue weighted by atomic mass is 35.5. The number of hydrogen-bond donors (Lipinski definition) is 0. The molecule has 0 aliphatic carbocycles. The fourth-order valence-corrected chi connectivity index (χ4v) is 1.58. The van der Waals surface area contributed by atoms with Crippen molar-refractivity contribution in [3.8, 4) is 0 Å². The highest BCUT2D eigenvalue weighted by Gasteiger charge is 2.30. The number of hydrogen-bond acceptors (Lipinski definition) is 2. The van der Waals surface area contributed by atoms with Gasteiger partial charge in [0.15, 0.2) is 0 Å². The van der Waals surface area contributed by atoms with Crippen LogP contribution in [-0.2, 0) is 15.7 Å². The summed E-state index contributed by atoms with van der Waals surface area (Å²) in [5.41, 5.74) is -0.390. The molecule has 1 rings (SSSR count). The Kier molecular flexibility index (Phi) is 5.42. The van der Waals surface area contributed by atoms with Gasteiger partial charge < -0.3 is 4.74 Å². The van der Waals surface area contributed by atoms with Crippen molar-refractivity contribution in [2.24, 2.45) is 0 Å². The SMILES string of the molecule is CCOC(=O)CC=Cc1ccc(C(F)(F)F)cc1Cl. The summed E-state index contributed by atoms with van der Waals surface area (Å²) in [5.74, 6) is -0.401. The van der Waals surface area contributed by atoms with Gasteiger partial charge in [0.2, 0.25) is 0 Å². The van der Waals surface area contributed by atoms with Gasteiger partial charge in [-0.3, -0.25) is 4.79 Å². The van der Waals surface area contributed by atoms with Crippen molar-refractivity contribution in [1.29, 1.82) is 0 Å². The molecule has 0 spiro atoms. The minimum Gasteiger partial charge on any atom is -0.466 e. The number of alkyl halides is 3. The Morgan fingerprint density at radius 1 is 1.42 bits per heavy atom. The quantitative estimate of drug-likeness (QED) is 0.772.